The summed E-state index contributed by atoms with van der Waals surface area (Å²) in [6.45, 7) is 3.87. The van der Waals surface area contributed by atoms with Crippen LogP contribution in [-0.4, -0.2) is 20.1 Å². The third kappa shape index (κ3) is 1.92. The average molecular weight is 222 g/mol. The Bertz CT molecular complexity index is 378. The Labute approximate surface area is 96.2 Å². The molecule has 2 rings (SSSR count). The maximum atomic E-state index is 13.3. The molecule has 0 spiro atoms. The van der Waals surface area contributed by atoms with Crippen molar-refractivity contribution >= 4 is 5.69 Å². The van der Waals surface area contributed by atoms with E-state index in [0.717, 1.165) is 24.2 Å². The summed E-state index contributed by atoms with van der Waals surface area (Å²) in [7, 11) is 2.06. The zero-order valence-electron chi connectivity index (χ0n) is 9.91. The SMILES string of the molecule is CC(CCN)C1CN(C)c2ccc(F)cc21. The Morgan fingerprint density at radius 2 is 2.31 bits per heavy atom. The molecule has 0 radical (unpaired) electrons. The molecular formula is C13H19FN2. The smallest absolute Gasteiger partial charge is 0.123 e. The highest BCUT2D eigenvalue weighted by Crippen LogP contribution is 2.40. The molecule has 16 heavy (non-hydrogen) atoms. The number of nitrogens with zero attached hydrogens (tertiary/aromatic N) is 1. The molecule has 0 amide bonds. The van der Waals surface area contributed by atoms with E-state index in [0.29, 0.717) is 18.4 Å². The Morgan fingerprint density at radius 1 is 1.56 bits per heavy atom. The molecule has 1 aromatic carbocycles. The van der Waals surface area contributed by atoms with Crippen molar-refractivity contribution in [3.8, 4) is 0 Å². The molecular weight excluding hydrogens is 203 g/mol. The highest BCUT2D eigenvalue weighted by atomic mass is 19.1. The van der Waals surface area contributed by atoms with Crippen LogP contribution in [-0.2, 0) is 0 Å². The number of anilines is 1. The van der Waals surface area contributed by atoms with E-state index in [2.05, 4.69) is 18.9 Å². The first-order chi connectivity index (χ1) is 7.63. The van der Waals surface area contributed by atoms with Gasteiger partial charge >= 0.3 is 0 Å². The number of fused-ring (bicyclic) bond motifs is 1. The molecule has 2 atom stereocenters. The van der Waals surface area contributed by atoms with E-state index >= 15 is 0 Å². The van der Waals surface area contributed by atoms with Gasteiger partial charge in [0.1, 0.15) is 5.82 Å². The standard InChI is InChI=1S/C13H19FN2/c1-9(5-6-15)12-8-16(2)13-4-3-10(14)7-11(12)13/h3-4,7,9,12H,5-6,8,15H2,1-2H3. The second kappa shape index (κ2) is 4.42. The Morgan fingerprint density at radius 3 is 3.00 bits per heavy atom. The zero-order chi connectivity index (χ0) is 11.7. The predicted molar refractivity (Wildman–Crippen MR) is 65.2 cm³/mol. The number of likely N-dealkylation sites (N-methyl/N-ethyl adjacent to an activating group) is 1. The monoisotopic (exact) mass is 222 g/mol. The fourth-order valence-corrected chi connectivity index (χ4v) is 2.61. The van der Waals surface area contributed by atoms with Gasteiger partial charge in [0, 0.05) is 25.2 Å². The fourth-order valence-electron chi connectivity index (χ4n) is 2.61. The molecule has 1 heterocycles. The second-order valence-electron chi connectivity index (χ2n) is 4.74. The lowest BCUT2D eigenvalue weighted by Crippen LogP contribution is -2.20. The molecule has 0 bridgehead atoms. The number of hydrogen-bond donors (Lipinski definition) is 1. The Hall–Kier alpha value is -1.09. The minimum atomic E-state index is -0.140. The van der Waals surface area contributed by atoms with Gasteiger partial charge < -0.3 is 10.6 Å². The molecule has 2 N–H and O–H groups in total. The van der Waals surface area contributed by atoms with Gasteiger partial charge in [-0.3, -0.25) is 0 Å². The molecule has 1 aliphatic rings. The highest BCUT2D eigenvalue weighted by molar-refractivity contribution is 5.59. The van der Waals surface area contributed by atoms with E-state index in [1.54, 1.807) is 6.07 Å². The number of benzene rings is 1. The van der Waals surface area contributed by atoms with Crippen molar-refractivity contribution in [2.75, 3.05) is 25.0 Å². The van der Waals surface area contributed by atoms with Crippen molar-refractivity contribution in [3.63, 3.8) is 0 Å². The Balaban J connectivity index is 2.30. The van der Waals surface area contributed by atoms with Gasteiger partial charge in [-0.2, -0.15) is 0 Å². The van der Waals surface area contributed by atoms with Crippen LogP contribution in [0.25, 0.3) is 0 Å². The largest absolute Gasteiger partial charge is 0.374 e. The van der Waals surface area contributed by atoms with Crippen molar-refractivity contribution in [1.29, 1.82) is 0 Å². The summed E-state index contributed by atoms with van der Waals surface area (Å²) in [5, 5.41) is 0. The van der Waals surface area contributed by atoms with Crippen LogP contribution in [0.4, 0.5) is 10.1 Å². The van der Waals surface area contributed by atoms with Crippen molar-refractivity contribution in [3.05, 3.63) is 29.6 Å². The van der Waals surface area contributed by atoms with Gasteiger partial charge in [0.05, 0.1) is 0 Å². The maximum Gasteiger partial charge on any atom is 0.123 e. The van der Waals surface area contributed by atoms with Gasteiger partial charge in [-0.15, -0.1) is 0 Å². The van der Waals surface area contributed by atoms with Crippen LogP contribution in [0.15, 0.2) is 18.2 Å². The van der Waals surface area contributed by atoms with Crippen LogP contribution >= 0.6 is 0 Å². The number of nitrogens with two attached hydrogens (primary N) is 1. The lowest BCUT2D eigenvalue weighted by Gasteiger charge is -2.19. The van der Waals surface area contributed by atoms with Crippen LogP contribution < -0.4 is 10.6 Å². The lowest BCUT2D eigenvalue weighted by atomic mass is 9.87. The summed E-state index contributed by atoms with van der Waals surface area (Å²) in [6.07, 6.45) is 0.995. The summed E-state index contributed by atoms with van der Waals surface area (Å²) in [5.74, 6) is 0.786. The van der Waals surface area contributed by atoms with Crippen molar-refractivity contribution in [2.24, 2.45) is 11.7 Å². The second-order valence-corrected chi connectivity index (χ2v) is 4.74. The van der Waals surface area contributed by atoms with Gasteiger partial charge in [-0.1, -0.05) is 6.92 Å². The molecule has 0 saturated heterocycles. The zero-order valence-corrected chi connectivity index (χ0v) is 9.91. The molecule has 88 valence electrons. The number of rotatable bonds is 3. The van der Waals surface area contributed by atoms with Gasteiger partial charge in [-0.05, 0) is 42.6 Å². The van der Waals surface area contributed by atoms with Gasteiger partial charge in [0.15, 0.2) is 0 Å². The van der Waals surface area contributed by atoms with E-state index in [9.17, 15) is 4.39 Å². The first-order valence-electron chi connectivity index (χ1n) is 5.84. The maximum absolute atomic E-state index is 13.3. The van der Waals surface area contributed by atoms with Crippen LogP contribution in [0, 0.1) is 11.7 Å². The molecule has 0 aromatic heterocycles. The number of halogens is 1. The molecule has 3 heteroatoms. The minimum Gasteiger partial charge on any atom is -0.374 e. The summed E-state index contributed by atoms with van der Waals surface area (Å²) in [4.78, 5) is 2.20. The molecule has 0 fully saturated rings. The first kappa shape index (κ1) is 11.4. The molecule has 0 aliphatic carbocycles. The normalized spacial score (nSPS) is 21.0. The van der Waals surface area contributed by atoms with Crippen molar-refractivity contribution in [1.82, 2.24) is 0 Å². The van der Waals surface area contributed by atoms with E-state index in [-0.39, 0.29) is 5.82 Å². The quantitative estimate of drug-likeness (QED) is 0.850. The predicted octanol–water partition coefficient (Wildman–Crippen LogP) is 2.34. The topological polar surface area (TPSA) is 29.3 Å². The van der Waals surface area contributed by atoms with E-state index in [1.807, 2.05) is 6.07 Å². The summed E-state index contributed by atoms with van der Waals surface area (Å²) >= 11 is 0. The van der Waals surface area contributed by atoms with Crippen LogP contribution in [0.2, 0.25) is 0 Å². The molecule has 2 nitrogen and oxygen atoms in total. The number of hydrogen-bond acceptors (Lipinski definition) is 2. The van der Waals surface area contributed by atoms with Crippen LogP contribution in [0.3, 0.4) is 0 Å². The van der Waals surface area contributed by atoms with Gasteiger partial charge in [0.25, 0.3) is 0 Å². The third-order valence-corrected chi connectivity index (χ3v) is 3.58. The molecule has 1 aliphatic heterocycles. The van der Waals surface area contributed by atoms with E-state index in [4.69, 9.17) is 5.73 Å². The highest BCUT2D eigenvalue weighted by Gasteiger charge is 2.30. The fraction of sp³-hybridized carbons (Fsp3) is 0.538. The first-order valence-corrected chi connectivity index (χ1v) is 5.84. The molecule has 2 unspecified atom stereocenters. The Kier molecular flexibility index (Phi) is 3.15. The van der Waals surface area contributed by atoms with E-state index in [1.165, 1.54) is 6.07 Å². The third-order valence-electron chi connectivity index (χ3n) is 3.58. The van der Waals surface area contributed by atoms with Crippen LogP contribution in [0.1, 0.15) is 24.8 Å². The van der Waals surface area contributed by atoms with Crippen molar-refractivity contribution in [2.45, 2.75) is 19.3 Å². The van der Waals surface area contributed by atoms with Crippen LogP contribution in [0.5, 0.6) is 0 Å². The lowest BCUT2D eigenvalue weighted by molar-refractivity contribution is 0.449. The molecule has 0 saturated carbocycles. The van der Waals surface area contributed by atoms with Gasteiger partial charge in [-0.25, -0.2) is 4.39 Å². The minimum absolute atomic E-state index is 0.140. The summed E-state index contributed by atoms with van der Waals surface area (Å²) < 4.78 is 13.3. The molecule has 1 aromatic rings. The van der Waals surface area contributed by atoms with Gasteiger partial charge in [0.2, 0.25) is 0 Å². The summed E-state index contributed by atoms with van der Waals surface area (Å²) in [5.41, 5.74) is 7.90. The van der Waals surface area contributed by atoms with Crippen molar-refractivity contribution < 1.29 is 4.39 Å². The average Bonchev–Trinajstić information content (AvgIpc) is 2.56. The van der Waals surface area contributed by atoms with E-state index < -0.39 is 0 Å². The summed E-state index contributed by atoms with van der Waals surface area (Å²) in [6, 6.07) is 5.08.